The largest absolute Gasteiger partial charge is 0.353 e. The summed E-state index contributed by atoms with van der Waals surface area (Å²) in [4.78, 5) is 13.9. The normalized spacial score (nSPS) is 11.5. The van der Waals surface area contributed by atoms with Gasteiger partial charge in [0.1, 0.15) is 0 Å². The Kier molecular flexibility index (Phi) is 5.42. The van der Waals surface area contributed by atoms with Crippen LogP contribution in [0.25, 0.3) is 0 Å². The van der Waals surface area contributed by atoms with Crippen LogP contribution in [0.15, 0.2) is 0 Å². The van der Waals surface area contributed by atoms with Gasteiger partial charge in [0.2, 0.25) is 27.9 Å². The number of anilines is 3. The number of hydrogen-bond donors (Lipinski definition) is 3. The van der Waals surface area contributed by atoms with E-state index >= 15 is 0 Å². The van der Waals surface area contributed by atoms with Gasteiger partial charge in [-0.15, -0.1) is 0 Å². The van der Waals surface area contributed by atoms with Crippen LogP contribution in [0.3, 0.4) is 0 Å². The first kappa shape index (κ1) is 16.3. The predicted molar refractivity (Wildman–Crippen MR) is 77.9 cm³/mol. The molecule has 10 nitrogen and oxygen atoms in total. The zero-order chi connectivity index (χ0) is 15.3. The number of aromatic nitrogens is 3. The lowest BCUT2D eigenvalue weighted by atomic mass is 10.7. The van der Waals surface area contributed by atoms with Crippen LogP contribution in [0.1, 0.15) is 0 Å². The molecule has 1 heterocycles. The van der Waals surface area contributed by atoms with Crippen LogP contribution < -0.4 is 21.5 Å². The summed E-state index contributed by atoms with van der Waals surface area (Å²) in [7, 11) is 3.26. The molecule has 0 amide bonds. The van der Waals surface area contributed by atoms with Crippen LogP contribution >= 0.6 is 0 Å². The summed E-state index contributed by atoms with van der Waals surface area (Å²) in [5.41, 5.74) is 2.33. The van der Waals surface area contributed by atoms with Gasteiger partial charge in [-0.2, -0.15) is 15.0 Å². The van der Waals surface area contributed by atoms with Gasteiger partial charge in [0, 0.05) is 34.7 Å². The van der Waals surface area contributed by atoms with Crippen molar-refractivity contribution in [3.05, 3.63) is 0 Å². The molecule has 0 atom stereocenters. The van der Waals surface area contributed by atoms with E-state index < -0.39 is 10.0 Å². The Bertz CT molecular complexity index is 545. The van der Waals surface area contributed by atoms with Gasteiger partial charge in [0.25, 0.3) is 0 Å². The highest BCUT2D eigenvalue weighted by Crippen LogP contribution is 2.10. The number of hydrogen-bond acceptors (Lipinski definition) is 9. The summed E-state index contributed by atoms with van der Waals surface area (Å²) in [6, 6.07) is 0. The summed E-state index contributed by atoms with van der Waals surface area (Å²) < 4.78 is 24.4. The number of nitrogens with one attached hydrogen (secondary N) is 2. The summed E-state index contributed by atoms with van der Waals surface area (Å²) in [6.45, 7) is 0.182. The molecule has 0 aromatic carbocycles. The van der Waals surface area contributed by atoms with Gasteiger partial charge in [-0.25, -0.2) is 18.6 Å². The molecule has 1 aromatic heterocycles. The Morgan fingerprint density at radius 3 is 2.20 bits per heavy atom. The van der Waals surface area contributed by atoms with Crippen LogP contribution in [0.2, 0.25) is 0 Å². The lowest BCUT2D eigenvalue weighted by molar-refractivity contribution is 0.521. The van der Waals surface area contributed by atoms with Crippen molar-refractivity contribution in [1.82, 2.24) is 19.3 Å². The van der Waals surface area contributed by atoms with Gasteiger partial charge in [0.15, 0.2) is 0 Å². The number of nitrogens with two attached hydrogens (primary N) is 1. The molecular weight excluding hydrogens is 284 g/mol. The average Bonchev–Trinajstić information content (AvgIpc) is 2.37. The molecule has 0 bridgehead atoms. The van der Waals surface area contributed by atoms with Crippen molar-refractivity contribution in [2.75, 3.05) is 56.1 Å². The van der Waals surface area contributed by atoms with Crippen LogP contribution in [0, 0.1) is 0 Å². The highest BCUT2D eigenvalue weighted by atomic mass is 32.2. The monoisotopic (exact) mass is 304 g/mol. The van der Waals surface area contributed by atoms with E-state index in [2.05, 4.69) is 25.7 Å². The van der Waals surface area contributed by atoms with Gasteiger partial charge in [-0.3, -0.25) is 5.43 Å². The second-order valence-corrected chi connectivity index (χ2v) is 6.65. The van der Waals surface area contributed by atoms with Crippen molar-refractivity contribution in [1.29, 1.82) is 0 Å². The van der Waals surface area contributed by atoms with Crippen molar-refractivity contribution in [2.24, 2.45) is 5.84 Å². The smallest absolute Gasteiger partial charge is 0.243 e. The Balaban J connectivity index is 2.75. The minimum absolute atomic E-state index is 0.0611. The number of hydrazine groups is 1. The highest BCUT2D eigenvalue weighted by molar-refractivity contribution is 7.89. The molecule has 0 radical (unpaired) electrons. The van der Waals surface area contributed by atoms with Crippen molar-refractivity contribution in [2.45, 2.75) is 0 Å². The van der Waals surface area contributed by atoms with E-state index in [0.29, 0.717) is 5.95 Å². The van der Waals surface area contributed by atoms with E-state index in [-0.39, 0.29) is 24.2 Å². The highest BCUT2D eigenvalue weighted by Gasteiger charge is 2.13. The summed E-state index contributed by atoms with van der Waals surface area (Å²) in [6.07, 6.45) is 0. The fourth-order valence-corrected chi connectivity index (χ4v) is 1.91. The topological polar surface area (TPSA) is 129 Å². The van der Waals surface area contributed by atoms with E-state index in [1.54, 1.807) is 19.0 Å². The zero-order valence-corrected chi connectivity index (χ0v) is 12.8. The van der Waals surface area contributed by atoms with Gasteiger partial charge < -0.3 is 10.2 Å². The number of rotatable bonds is 7. The summed E-state index contributed by atoms with van der Waals surface area (Å²) in [5.74, 6) is 6.07. The molecule has 1 rings (SSSR count). The van der Waals surface area contributed by atoms with Crippen molar-refractivity contribution < 1.29 is 8.42 Å². The lowest BCUT2D eigenvalue weighted by Gasteiger charge is -2.14. The van der Waals surface area contributed by atoms with E-state index in [9.17, 15) is 8.42 Å². The first-order valence-corrected chi connectivity index (χ1v) is 7.41. The van der Waals surface area contributed by atoms with Gasteiger partial charge in [0.05, 0.1) is 5.75 Å². The number of nitrogen functional groups attached to an aromatic ring is 1. The zero-order valence-electron chi connectivity index (χ0n) is 12.0. The fourth-order valence-electron chi connectivity index (χ4n) is 1.18. The van der Waals surface area contributed by atoms with E-state index in [0.717, 1.165) is 0 Å². The molecule has 0 spiro atoms. The molecule has 1 aromatic rings. The maximum atomic E-state index is 11.6. The maximum absolute atomic E-state index is 11.6. The van der Waals surface area contributed by atoms with Crippen LogP contribution in [0.5, 0.6) is 0 Å². The van der Waals surface area contributed by atoms with E-state index in [1.807, 2.05) is 0 Å². The SMILES string of the molecule is CN(C)c1nc(NN)nc(NCCS(=O)(=O)N(C)C)n1. The second-order valence-electron chi connectivity index (χ2n) is 4.35. The summed E-state index contributed by atoms with van der Waals surface area (Å²) in [5, 5.41) is 2.84. The quantitative estimate of drug-likeness (QED) is 0.408. The van der Waals surface area contributed by atoms with Crippen molar-refractivity contribution in [3.63, 3.8) is 0 Å². The number of sulfonamides is 1. The van der Waals surface area contributed by atoms with E-state index in [1.165, 1.54) is 18.4 Å². The molecule has 0 aliphatic heterocycles. The molecule has 0 aliphatic carbocycles. The molecule has 0 saturated heterocycles. The molecule has 0 fully saturated rings. The Labute approximate surface area is 118 Å². The Morgan fingerprint density at radius 2 is 1.70 bits per heavy atom. The average molecular weight is 304 g/mol. The molecule has 0 unspecified atom stereocenters. The van der Waals surface area contributed by atoms with Crippen LogP contribution in [-0.4, -0.2) is 68.2 Å². The molecule has 0 saturated carbocycles. The third-order valence-corrected chi connectivity index (χ3v) is 4.18. The van der Waals surface area contributed by atoms with Gasteiger partial charge in [-0.1, -0.05) is 0 Å². The molecule has 11 heteroatoms. The van der Waals surface area contributed by atoms with Crippen LogP contribution in [0.4, 0.5) is 17.8 Å². The molecule has 4 N–H and O–H groups in total. The predicted octanol–water partition coefficient (Wildman–Crippen LogP) is -1.47. The second kappa shape index (κ2) is 6.63. The Morgan fingerprint density at radius 1 is 1.10 bits per heavy atom. The minimum Gasteiger partial charge on any atom is -0.353 e. The van der Waals surface area contributed by atoms with E-state index in [4.69, 9.17) is 5.84 Å². The first-order chi connectivity index (χ1) is 9.26. The first-order valence-electron chi connectivity index (χ1n) is 5.80. The van der Waals surface area contributed by atoms with Crippen LogP contribution in [-0.2, 0) is 10.0 Å². The fraction of sp³-hybridized carbons (Fsp3) is 0.667. The Hall–Kier alpha value is -1.72. The molecule has 114 valence electrons. The molecule has 0 aliphatic rings. The van der Waals surface area contributed by atoms with Gasteiger partial charge in [-0.05, 0) is 0 Å². The van der Waals surface area contributed by atoms with Crippen molar-refractivity contribution in [3.8, 4) is 0 Å². The third-order valence-electron chi connectivity index (χ3n) is 2.35. The number of nitrogens with zero attached hydrogens (tertiary/aromatic N) is 5. The standard InChI is InChI=1S/C9H20N8O2S/c1-16(2)9-13-7(12-8(14-9)15-10)11-5-6-20(18,19)17(3)4/h5-6,10H2,1-4H3,(H2,11,12,13,14,15). The maximum Gasteiger partial charge on any atom is 0.243 e. The summed E-state index contributed by atoms with van der Waals surface area (Å²) >= 11 is 0. The lowest BCUT2D eigenvalue weighted by Crippen LogP contribution is -2.29. The van der Waals surface area contributed by atoms with Crippen molar-refractivity contribution >= 4 is 27.9 Å². The molecular formula is C9H20N8O2S. The molecule has 20 heavy (non-hydrogen) atoms. The van der Waals surface area contributed by atoms with Gasteiger partial charge >= 0.3 is 0 Å². The third kappa shape index (κ3) is 4.43. The minimum atomic E-state index is -3.26.